The van der Waals surface area contributed by atoms with Crippen LogP contribution in [0.3, 0.4) is 0 Å². The van der Waals surface area contributed by atoms with E-state index in [9.17, 15) is 10.1 Å². The van der Waals surface area contributed by atoms with Crippen molar-refractivity contribution in [1.82, 2.24) is 14.8 Å². The average molecular weight is 372 g/mol. The molecule has 0 unspecified atom stereocenters. The van der Waals surface area contributed by atoms with Crippen LogP contribution in [0.4, 0.5) is 5.69 Å². The molecule has 3 aromatic rings. The molecule has 1 aromatic carbocycles. The second kappa shape index (κ2) is 6.97. The topological polar surface area (TPSA) is 73.8 Å². The smallest absolute Gasteiger partial charge is 0.269 e. The lowest BCUT2D eigenvalue weighted by atomic mass is 10.2. The lowest BCUT2D eigenvalue weighted by Crippen LogP contribution is -2.03. The fourth-order valence-electron chi connectivity index (χ4n) is 2.66. The highest BCUT2D eigenvalue weighted by molar-refractivity contribution is 7.98. The molecule has 6 nitrogen and oxygen atoms in total. The minimum atomic E-state index is -0.377. The van der Waals surface area contributed by atoms with Crippen LogP contribution in [0.1, 0.15) is 35.1 Å². The van der Waals surface area contributed by atoms with Crippen LogP contribution < -0.4 is 0 Å². The zero-order valence-corrected chi connectivity index (χ0v) is 15.0. The van der Waals surface area contributed by atoms with Crippen molar-refractivity contribution < 1.29 is 4.92 Å². The molecule has 0 saturated heterocycles. The number of rotatable bonds is 7. The quantitative estimate of drug-likeness (QED) is 0.348. The van der Waals surface area contributed by atoms with Crippen molar-refractivity contribution in [3.63, 3.8) is 0 Å². The van der Waals surface area contributed by atoms with Crippen LogP contribution in [0, 0.1) is 10.1 Å². The molecule has 0 bridgehead atoms. The van der Waals surface area contributed by atoms with Gasteiger partial charge in [0.05, 0.1) is 4.92 Å². The van der Waals surface area contributed by atoms with Gasteiger partial charge in [-0.3, -0.25) is 10.1 Å². The largest absolute Gasteiger partial charge is 0.303 e. The third-order valence-corrected chi connectivity index (χ3v) is 5.97. The summed E-state index contributed by atoms with van der Waals surface area (Å²) in [6.07, 6.45) is 3.18. The van der Waals surface area contributed by atoms with E-state index in [1.54, 1.807) is 47.4 Å². The first-order valence-corrected chi connectivity index (χ1v) is 9.89. The molecule has 8 heteroatoms. The van der Waals surface area contributed by atoms with Crippen LogP contribution >= 0.6 is 23.1 Å². The van der Waals surface area contributed by atoms with E-state index in [0.717, 1.165) is 28.7 Å². The number of aromatic nitrogens is 3. The van der Waals surface area contributed by atoms with Gasteiger partial charge in [-0.1, -0.05) is 30.0 Å². The highest BCUT2D eigenvalue weighted by Gasteiger charge is 2.29. The van der Waals surface area contributed by atoms with E-state index in [1.165, 1.54) is 17.7 Å². The number of nitro benzene ring substituents is 1. The van der Waals surface area contributed by atoms with Crippen LogP contribution in [-0.4, -0.2) is 19.7 Å². The van der Waals surface area contributed by atoms with Crippen LogP contribution in [0.15, 0.2) is 46.9 Å². The Morgan fingerprint density at radius 2 is 2.04 bits per heavy atom. The molecule has 2 aromatic heterocycles. The summed E-state index contributed by atoms with van der Waals surface area (Å²) in [6, 6.07) is 11.4. The highest BCUT2D eigenvalue weighted by Crippen LogP contribution is 2.39. The van der Waals surface area contributed by atoms with Gasteiger partial charge in [0.1, 0.15) is 5.82 Å². The molecular weight excluding hydrogens is 356 g/mol. The summed E-state index contributed by atoms with van der Waals surface area (Å²) in [4.78, 5) is 11.6. The number of non-ortho nitro benzene ring substituents is 1. The van der Waals surface area contributed by atoms with Crippen LogP contribution in [-0.2, 0) is 12.2 Å². The van der Waals surface area contributed by atoms with Gasteiger partial charge in [0, 0.05) is 35.2 Å². The third kappa shape index (κ3) is 3.74. The van der Waals surface area contributed by atoms with Crippen molar-refractivity contribution >= 4 is 28.8 Å². The Morgan fingerprint density at radius 1 is 1.24 bits per heavy atom. The van der Waals surface area contributed by atoms with Crippen LogP contribution in [0.25, 0.3) is 0 Å². The van der Waals surface area contributed by atoms with E-state index in [2.05, 4.69) is 32.3 Å². The molecule has 25 heavy (non-hydrogen) atoms. The lowest BCUT2D eigenvalue weighted by molar-refractivity contribution is -0.384. The molecule has 0 aliphatic heterocycles. The summed E-state index contributed by atoms with van der Waals surface area (Å²) in [6.45, 7) is 0. The van der Waals surface area contributed by atoms with E-state index in [1.807, 2.05) is 0 Å². The normalized spacial score (nSPS) is 13.9. The minimum Gasteiger partial charge on any atom is -0.303 e. The van der Waals surface area contributed by atoms with E-state index in [-0.39, 0.29) is 10.6 Å². The molecule has 128 valence electrons. The summed E-state index contributed by atoms with van der Waals surface area (Å²) < 4.78 is 2.27. The van der Waals surface area contributed by atoms with Crippen molar-refractivity contribution in [3.05, 3.63) is 68.2 Å². The molecule has 2 heterocycles. The van der Waals surface area contributed by atoms with Crippen molar-refractivity contribution in [3.8, 4) is 0 Å². The zero-order chi connectivity index (χ0) is 17.2. The molecule has 0 amide bonds. The molecule has 0 N–H and O–H groups in total. The monoisotopic (exact) mass is 372 g/mol. The van der Waals surface area contributed by atoms with Crippen LogP contribution in [0.5, 0.6) is 0 Å². The summed E-state index contributed by atoms with van der Waals surface area (Å²) in [5, 5.41) is 22.6. The molecule has 1 aliphatic rings. The van der Waals surface area contributed by atoms with E-state index < -0.39 is 0 Å². The van der Waals surface area contributed by atoms with Crippen molar-refractivity contribution in [2.75, 3.05) is 0 Å². The Hall–Kier alpha value is -2.19. The van der Waals surface area contributed by atoms with Gasteiger partial charge in [-0.2, -0.15) is 0 Å². The van der Waals surface area contributed by atoms with Gasteiger partial charge in [-0.15, -0.1) is 21.5 Å². The van der Waals surface area contributed by atoms with Gasteiger partial charge in [-0.05, 0) is 29.9 Å². The summed E-state index contributed by atoms with van der Waals surface area (Å²) in [5.74, 6) is 1.75. The Morgan fingerprint density at radius 3 is 2.68 bits per heavy atom. The maximum atomic E-state index is 10.7. The second-order valence-electron chi connectivity index (χ2n) is 5.97. The molecule has 4 rings (SSSR count). The molecule has 0 spiro atoms. The lowest BCUT2D eigenvalue weighted by Gasteiger charge is -2.08. The number of hydrogen-bond donors (Lipinski definition) is 0. The molecule has 1 saturated carbocycles. The maximum Gasteiger partial charge on any atom is 0.269 e. The van der Waals surface area contributed by atoms with Crippen molar-refractivity contribution in [1.29, 1.82) is 0 Å². The Kier molecular flexibility index (Phi) is 4.54. The molecule has 0 atom stereocenters. The number of thioether (sulfide) groups is 1. The Labute approximate surface area is 153 Å². The predicted molar refractivity (Wildman–Crippen MR) is 98.1 cm³/mol. The van der Waals surface area contributed by atoms with Gasteiger partial charge in [0.2, 0.25) is 0 Å². The summed E-state index contributed by atoms with van der Waals surface area (Å²) in [7, 11) is 0. The van der Waals surface area contributed by atoms with E-state index in [4.69, 9.17) is 0 Å². The fraction of sp³-hybridized carbons (Fsp3) is 0.294. The van der Waals surface area contributed by atoms with Gasteiger partial charge < -0.3 is 4.57 Å². The number of thiophene rings is 1. The summed E-state index contributed by atoms with van der Waals surface area (Å²) in [5.41, 5.74) is 1.16. The minimum absolute atomic E-state index is 0.119. The SMILES string of the molecule is O=[N+]([O-])c1ccc(CSc2nnc(Cc3cccs3)n2C2CC2)cc1. The third-order valence-electron chi connectivity index (χ3n) is 4.07. The fourth-order valence-corrected chi connectivity index (χ4v) is 4.34. The zero-order valence-electron chi connectivity index (χ0n) is 13.4. The predicted octanol–water partition coefficient (Wildman–Crippen LogP) is 4.47. The average Bonchev–Trinajstić information content (AvgIpc) is 3.17. The first-order valence-electron chi connectivity index (χ1n) is 8.03. The first-order chi connectivity index (χ1) is 12.2. The number of benzene rings is 1. The maximum absolute atomic E-state index is 10.7. The van der Waals surface area contributed by atoms with E-state index in [0.29, 0.717) is 6.04 Å². The van der Waals surface area contributed by atoms with Gasteiger partial charge >= 0.3 is 0 Å². The second-order valence-corrected chi connectivity index (χ2v) is 7.94. The van der Waals surface area contributed by atoms with Crippen molar-refractivity contribution in [2.24, 2.45) is 0 Å². The van der Waals surface area contributed by atoms with Gasteiger partial charge in [0.15, 0.2) is 5.16 Å². The molecule has 1 aliphatic carbocycles. The Balaban J connectivity index is 1.48. The Bertz CT molecular complexity index is 871. The van der Waals surface area contributed by atoms with E-state index >= 15 is 0 Å². The van der Waals surface area contributed by atoms with Gasteiger partial charge in [-0.25, -0.2) is 0 Å². The number of nitro groups is 1. The number of hydrogen-bond acceptors (Lipinski definition) is 6. The number of nitrogens with zero attached hydrogens (tertiary/aromatic N) is 4. The summed E-state index contributed by atoms with van der Waals surface area (Å²) >= 11 is 3.38. The molecular formula is C17H16N4O2S2. The highest BCUT2D eigenvalue weighted by atomic mass is 32.2. The first kappa shape index (κ1) is 16.3. The molecule has 1 fully saturated rings. The standard InChI is InChI=1S/C17H16N4O2S2/c22-21(23)14-5-3-12(4-6-14)11-25-17-19-18-16(20(17)13-7-8-13)10-15-2-1-9-24-15/h1-6,9,13H,7-8,10-11H2. The van der Waals surface area contributed by atoms with Crippen molar-refractivity contribution in [2.45, 2.75) is 36.2 Å². The van der Waals surface area contributed by atoms with Crippen LogP contribution in [0.2, 0.25) is 0 Å². The molecule has 0 radical (unpaired) electrons. The van der Waals surface area contributed by atoms with Gasteiger partial charge in [0.25, 0.3) is 5.69 Å².